The Bertz CT molecular complexity index is 516. The number of hydrogen-bond acceptors (Lipinski definition) is 4. The minimum atomic E-state index is -0.234. The first-order valence-electron chi connectivity index (χ1n) is 6.51. The highest BCUT2D eigenvalue weighted by molar-refractivity contribution is 5.96. The SMILES string of the molecule is Cc1cc(NC(=O)CCO)ccc1N1CCOCC1=O. The molecule has 0 unspecified atom stereocenters. The van der Waals surface area contributed by atoms with E-state index in [0.717, 1.165) is 11.3 Å². The highest BCUT2D eigenvalue weighted by atomic mass is 16.5. The molecule has 0 bridgehead atoms. The van der Waals surface area contributed by atoms with E-state index in [9.17, 15) is 9.59 Å². The van der Waals surface area contributed by atoms with Gasteiger partial charge in [-0.2, -0.15) is 0 Å². The second-order valence-corrected chi connectivity index (χ2v) is 4.62. The Balaban J connectivity index is 2.13. The number of benzene rings is 1. The molecule has 20 heavy (non-hydrogen) atoms. The van der Waals surface area contributed by atoms with Crippen LogP contribution in [-0.2, 0) is 14.3 Å². The van der Waals surface area contributed by atoms with Crippen molar-refractivity contribution in [1.82, 2.24) is 0 Å². The lowest BCUT2D eigenvalue weighted by atomic mass is 10.1. The van der Waals surface area contributed by atoms with Gasteiger partial charge >= 0.3 is 0 Å². The third-order valence-electron chi connectivity index (χ3n) is 3.10. The molecule has 1 aromatic carbocycles. The molecular formula is C14H18N2O4. The van der Waals surface area contributed by atoms with Crippen molar-refractivity contribution in [3.8, 4) is 0 Å². The van der Waals surface area contributed by atoms with Gasteiger partial charge in [-0.25, -0.2) is 0 Å². The molecule has 0 aromatic heterocycles. The number of carbonyl (C=O) groups excluding carboxylic acids is 2. The maximum absolute atomic E-state index is 11.8. The summed E-state index contributed by atoms with van der Waals surface area (Å²) < 4.78 is 5.10. The van der Waals surface area contributed by atoms with E-state index in [2.05, 4.69) is 5.32 Å². The second kappa shape index (κ2) is 6.49. The summed E-state index contributed by atoms with van der Waals surface area (Å²) in [5.74, 6) is -0.293. The van der Waals surface area contributed by atoms with Gasteiger partial charge in [0.2, 0.25) is 5.91 Å². The third kappa shape index (κ3) is 3.34. The molecule has 1 saturated heterocycles. The fourth-order valence-corrected chi connectivity index (χ4v) is 2.13. The summed E-state index contributed by atoms with van der Waals surface area (Å²) in [6.07, 6.45) is 0.0722. The highest BCUT2D eigenvalue weighted by Gasteiger charge is 2.21. The summed E-state index contributed by atoms with van der Waals surface area (Å²) in [6.45, 7) is 2.88. The van der Waals surface area contributed by atoms with Crippen LogP contribution in [0, 0.1) is 6.92 Å². The van der Waals surface area contributed by atoms with Gasteiger partial charge in [-0.1, -0.05) is 0 Å². The quantitative estimate of drug-likeness (QED) is 0.849. The van der Waals surface area contributed by atoms with E-state index < -0.39 is 0 Å². The van der Waals surface area contributed by atoms with E-state index in [0.29, 0.717) is 18.8 Å². The number of aryl methyl sites for hydroxylation is 1. The fourth-order valence-electron chi connectivity index (χ4n) is 2.13. The number of morpholine rings is 1. The summed E-state index contributed by atoms with van der Waals surface area (Å²) in [5.41, 5.74) is 2.39. The lowest BCUT2D eigenvalue weighted by molar-refractivity contribution is -0.125. The molecule has 1 aliphatic heterocycles. The van der Waals surface area contributed by atoms with Gasteiger partial charge in [0.1, 0.15) is 6.61 Å². The fraction of sp³-hybridized carbons (Fsp3) is 0.429. The highest BCUT2D eigenvalue weighted by Crippen LogP contribution is 2.24. The Labute approximate surface area is 117 Å². The number of amides is 2. The normalized spacial score (nSPS) is 15.3. The molecule has 6 nitrogen and oxygen atoms in total. The molecule has 1 heterocycles. The van der Waals surface area contributed by atoms with E-state index >= 15 is 0 Å². The summed E-state index contributed by atoms with van der Waals surface area (Å²) >= 11 is 0. The summed E-state index contributed by atoms with van der Waals surface area (Å²) in [7, 11) is 0. The van der Waals surface area contributed by atoms with Crippen molar-refractivity contribution in [1.29, 1.82) is 0 Å². The number of nitrogens with zero attached hydrogens (tertiary/aromatic N) is 1. The number of anilines is 2. The van der Waals surface area contributed by atoms with Gasteiger partial charge in [0.15, 0.2) is 0 Å². The van der Waals surface area contributed by atoms with Gasteiger partial charge in [0.05, 0.1) is 19.6 Å². The van der Waals surface area contributed by atoms with Gasteiger partial charge in [-0.05, 0) is 30.7 Å². The number of hydrogen-bond donors (Lipinski definition) is 2. The van der Waals surface area contributed by atoms with Crippen LogP contribution < -0.4 is 10.2 Å². The van der Waals surface area contributed by atoms with E-state index in [1.165, 1.54) is 0 Å². The molecule has 1 fully saturated rings. The van der Waals surface area contributed by atoms with Crippen molar-refractivity contribution in [3.63, 3.8) is 0 Å². The molecule has 0 radical (unpaired) electrons. The van der Waals surface area contributed by atoms with Crippen LogP contribution in [0.5, 0.6) is 0 Å². The topological polar surface area (TPSA) is 78.9 Å². The Hall–Kier alpha value is -1.92. The van der Waals surface area contributed by atoms with E-state index in [1.807, 2.05) is 19.1 Å². The van der Waals surface area contributed by atoms with Crippen LogP contribution in [0.2, 0.25) is 0 Å². The van der Waals surface area contributed by atoms with E-state index in [1.54, 1.807) is 11.0 Å². The monoisotopic (exact) mass is 278 g/mol. The first-order valence-corrected chi connectivity index (χ1v) is 6.51. The predicted octanol–water partition coefficient (Wildman–Crippen LogP) is 0.679. The molecule has 2 amide bonds. The number of aliphatic hydroxyl groups is 1. The zero-order valence-electron chi connectivity index (χ0n) is 11.4. The number of aliphatic hydroxyl groups excluding tert-OH is 1. The summed E-state index contributed by atoms with van der Waals surface area (Å²) in [5, 5.41) is 11.4. The smallest absolute Gasteiger partial charge is 0.253 e. The van der Waals surface area contributed by atoms with Crippen LogP contribution in [0.3, 0.4) is 0 Å². The Morgan fingerprint density at radius 2 is 2.30 bits per heavy atom. The van der Waals surface area contributed by atoms with Crippen LogP contribution >= 0.6 is 0 Å². The van der Waals surface area contributed by atoms with Gasteiger partial charge in [0.25, 0.3) is 5.91 Å². The van der Waals surface area contributed by atoms with Crippen molar-refractivity contribution in [2.45, 2.75) is 13.3 Å². The first-order chi connectivity index (χ1) is 9.61. The van der Waals surface area contributed by atoms with Crippen LogP contribution in [0.25, 0.3) is 0 Å². The number of nitrogens with one attached hydrogen (secondary N) is 1. The standard InChI is InChI=1S/C14H18N2O4/c1-10-8-11(15-13(18)4-6-17)2-3-12(10)16-5-7-20-9-14(16)19/h2-3,8,17H,4-7,9H2,1H3,(H,15,18). The predicted molar refractivity (Wildman–Crippen MR) is 74.7 cm³/mol. The second-order valence-electron chi connectivity index (χ2n) is 4.62. The van der Waals surface area contributed by atoms with Crippen molar-refractivity contribution in [2.24, 2.45) is 0 Å². The molecule has 2 N–H and O–H groups in total. The lowest BCUT2D eigenvalue weighted by Gasteiger charge is -2.28. The number of ether oxygens (including phenoxy) is 1. The Morgan fingerprint density at radius 3 is 2.95 bits per heavy atom. The lowest BCUT2D eigenvalue weighted by Crippen LogP contribution is -2.42. The van der Waals surface area contributed by atoms with E-state index in [-0.39, 0.29) is 31.4 Å². The average molecular weight is 278 g/mol. The zero-order valence-corrected chi connectivity index (χ0v) is 11.4. The van der Waals surface area contributed by atoms with E-state index in [4.69, 9.17) is 9.84 Å². The maximum Gasteiger partial charge on any atom is 0.253 e. The van der Waals surface area contributed by atoms with Crippen molar-refractivity contribution >= 4 is 23.2 Å². The van der Waals surface area contributed by atoms with Crippen LogP contribution in [0.1, 0.15) is 12.0 Å². The Kier molecular flexibility index (Phi) is 4.70. The molecule has 0 aliphatic carbocycles. The van der Waals surface area contributed by atoms with Gasteiger partial charge in [0, 0.05) is 17.9 Å². The first kappa shape index (κ1) is 14.5. The average Bonchev–Trinajstić information content (AvgIpc) is 2.40. The molecule has 0 atom stereocenters. The van der Waals surface area contributed by atoms with Gasteiger partial charge in [-0.3, -0.25) is 9.59 Å². The van der Waals surface area contributed by atoms with Gasteiger partial charge < -0.3 is 20.1 Å². The molecule has 0 spiro atoms. The molecule has 6 heteroatoms. The molecule has 2 rings (SSSR count). The van der Waals surface area contributed by atoms with Crippen LogP contribution in [0.15, 0.2) is 18.2 Å². The molecular weight excluding hydrogens is 260 g/mol. The zero-order chi connectivity index (χ0) is 14.5. The molecule has 1 aliphatic rings. The maximum atomic E-state index is 11.8. The largest absolute Gasteiger partial charge is 0.396 e. The molecule has 0 saturated carbocycles. The minimum Gasteiger partial charge on any atom is -0.396 e. The number of carbonyl (C=O) groups is 2. The summed E-state index contributed by atoms with van der Waals surface area (Å²) in [4.78, 5) is 24.9. The third-order valence-corrected chi connectivity index (χ3v) is 3.10. The van der Waals surface area contributed by atoms with Crippen LogP contribution in [-0.4, -0.2) is 43.3 Å². The molecule has 1 aromatic rings. The van der Waals surface area contributed by atoms with Gasteiger partial charge in [-0.15, -0.1) is 0 Å². The number of rotatable bonds is 4. The van der Waals surface area contributed by atoms with Crippen molar-refractivity contribution in [3.05, 3.63) is 23.8 Å². The van der Waals surface area contributed by atoms with Crippen LogP contribution in [0.4, 0.5) is 11.4 Å². The van der Waals surface area contributed by atoms with Crippen molar-refractivity contribution < 1.29 is 19.4 Å². The minimum absolute atomic E-state index is 0.0589. The Morgan fingerprint density at radius 1 is 1.50 bits per heavy atom. The molecule has 108 valence electrons. The van der Waals surface area contributed by atoms with Crippen molar-refractivity contribution in [2.75, 3.05) is 36.6 Å². The summed E-state index contributed by atoms with van der Waals surface area (Å²) in [6, 6.07) is 5.38.